The van der Waals surface area contributed by atoms with Crippen molar-refractivity contribution in [2.45, 2.75) is 53.6 Å². The molecule has 0 radical (unpaired) electrons. The van der Waals surface area contributed by atoms with Crippen molar-refractivity contribution in [2.75, 3.05) is 0 Å². The molecule has 1 rings (SSSR count). The Morgan fingerprint density at radius 2 is 1.57 bits per heavy atom. The highest BCUT2D eigenvalue weighted by molar-refractivity contribution is 5.97. The lowest BCUT2D eigenvalue weighted by Crippen LogP contribution is -2.35. The number of Topliss-reactive ketones (excluding diaryl/α,β-unsaturated/α-hetero) is 1. The molecule has 0 aliphatic rings. The summed E-state index contributed by atoms with van der Waals surface area (Å²) in [7, 11) is 0. The van der Waals surface area contributed by atoms with Crippen LogP contribution in [0, 0.1) is 11.3 Å². The molecule has 0 N–H and O–H groups in total. The molecule has 0 unspecified atom stereocenters. The molecular weight excluding hydrogens is 264 g/mol. The molecule has 21 heavy (non-hydrogen) atoms. The molecule has 0 aromatic heterocycles. The van der Waals surface area contributed by atoms with Gasteiger partial charge in [0.1, 0.15) is 5.60 Å². The van der Waals surface area contributed by atoms with Crippen LogP contribution in [0.2, 0.25) is 0 Å². The van der Waals surface area contributed by atoms with Crippen molar-refractivity contribution in [3.05, 3.63) is 35.9 Å². The number of carbonyl (C=O) groups excluding carboxylic acids is 2. The van der Waals surface area contributed by atoms with E-state index in [1.54, 1.807) is 12.1 Å². The number of rotatable bonds is 5. The molecule has 0 aliphatic heterocycles. The summed E-state index contributed by atoms with van der Waals surface area (Å²) in [6.45, 7) is 11.1. The number of hydrogen-bond acceptors (Lipinski definition) is 3. The molecule has 3 heteroatoms. The summed E-state index contributed by atoms with van der Waals surface area (Å²) < 4.78 is 5.44. The van der Waals surface area contributed by atoms with E-state index in [2.05, 4.69) is 0 Å². The van der Waals surface area contributed by atoms with Crippen LogP contribution in [-0.4, -0.2) is 17.4 Å². The predicted molar refractivity (Wildman–Crippen MR) is 84.2 cm³/mol. The Bertz CT molecular complexity index is 495. The first-order valence-electron chi connectivity index (χ1n) is 7.36. The normalized spacial score (nSPS) is 13.6. The van der Waals surface area contributed by atoms with E-state index in [9.17, 15) is 9.59 Å². The lowest BCUT2D eigenvalue weighted by molar-refractivity contribution is -0.166. The zero-order valence-electron chi connectivity index (χ0n) is 13.9. The van der Waals surface area contributed by atoms with E-state index in [-0.39, 0.29) is 17.7 Å². The molecule has 1 atom stereocenters. The monoisotopic (exact) mass is 290 g/mol. The fraction of sp³-hybridized carbons (Fsp3) is 0.556. The molecule has 0 aliphatic carbocycles. The van der Waals surface area contributed by atoms with Crippen molar-refractivity contribution in [3.8, 4) is 0 Å². The quantitative estimate of drug-likeness (QED) is 0.601. The summed E-state index contributed by atoms with van der Waals surface area (Å²) in [6.07, 6.45) is 0.468. The topological polar surface area (TPSA) is 43.4 Å². The first-order chi connectivity index (χ1) is 9.53. The largest absolute Gasteiger partial charge is 0.460 e. The summed E-state index contributed by atoms with van der Waals surface area (Å²) in [5.41, 5.74) is -0.511. The van der Waals surface area contributed by atoms with Gasteiger partial charge in [0.05, 0.1) is 5.41 Å². The van der Waals surface area contributed by atoms with Crippen LogP contribution in [0.5, 0.6) is 0 Å². The van der Waals surface area contributed by atoms with Gasteiger partial charge >= 0.3 is 5.97 Å². The van der Waals surface area contributed by atoms with Crippen LogP contribution >= 0.6 is 0 Å². The Morgan fingerprint density at radius 1 is 1.05 bits per heavy atom. The molecule has 3 nitrogen and oxygen atoms in total. The summed E-state index contributed by atoms with van der Waals surface area (Å²) >= 11 is 0. The van der Waals surface area contributed by atoms with Gasteiger partial charge < -0.3 is 4.74 Å². The highest BCUT2D eigenvalue weighted by Crippen LogP contribution is 2.30. The summed E-state index contributed by atoms with van der Waals surface area (Å²) in [6, 6.07) is 9.18. The molecule has 0 heterocycles. The van der Waals surface area contributed by atoms with Crippen LogP contribution in [0.1, 0.15) is 58.3 Å². The van der Waals surface area contributed by atoms with Crippen molar-refractivity contribution in [1.82, 2.24) is 0 Å². The van der Waals surface area contributed by atoms with Gasteiger partial charge in [0.2, 0.25) is 0 Å². The standard InChI is InChI=1S/C18H26O3/c1-13(15(19)14-10-8-7-9-11-14)12-18(5,6)16(20)21-17(2,3)4/h7-11,13H,12H2,1-6H3/t13-/m0/s1. The van der Waals surface area contributed by atoms with E-state index in [1.165, 1.54) is 0 Å². The second-order valence-electron chi connectivity index (χ2n) is 7.22. The summed E-state index contributed by atoms with van der Waals surface area (Å²) in [5, 5.41) is 0. The third-order valence-electron chi connectivity index (χ3n) is 3.27. The Kier molecular flexibility index (Phi) is 5.32. The van der Waals surface area contributed by atoms with Crippen LogP contribution in [0.25, 0.3) is 0 Å². The molecule has 1 aromatic rings. The zero-order valence-corrected chi connectivity index (χ0v) is 13.9. The van der Waals surface area contributed by atoms with Crippen LogP contribution in [0.3, 0.4) is 0 Å². The molecule has 0 amide bonds. The van der Waals surface area contributed by atoms with E-state index in [1.807, 2.05) is 59.7 Å². The van der Waals surface area contributed by atoms with Crippen LogP contribution < -0.4 is 0 Å². The van der Waals surface area contributed by atoms with Gasteiger partial charge in [0, 0.05) is 11.5 Å². The van der Waals surface area contributed by atoms with E-state index in [0.717, 1.165) is 0 Å². The maximum Gasteiger partial charge on any atom is 0.312 e. The van der Waals surface area contributed by atoms with Gasteiger partial charge in [0.25, 0.3) is 0 Å². The van der Waals surface area contributed by atoms with Crippen molar-refractivity contribution in [1.29, 1.82) is 0 Å². The van der Waals surface area contributed by atoms with Crippen LogP contribution in [-0.2, 0) is 9.53 Å². The van der Waals surface area contributed by atoms with Gasteiger partial charge in [-0.1, -0.05) is 37.3 Å². The smallest absolute Gasteiger partial charge is 0.312 e. The van der Waals surface area contributed by atoms with Gasteiger partial charge in [-0.05, 0) is 41.0 Å². The maximum atomic E-state index is 12.4. The van der Waals surface area contributed by atoms with Crippen molar-refractivity contribution in [3.63, 3.8) is 0 Å². The molecule has 0 saturated heterocycles. The fourth-order valence-electron chi connectivity index (χ4n) is 2.24. The molecule has 0 spiro atoms. The Hall–Kier alpha value is -1.64. The highest BCUT2D eigenvalue weighted by atomic mass is 16.6. The number of benzene rings is 1. The predicted octanol–water partition coefficient (Wildman–Crippen LogP) is 4.26. The Labute approximate surface area is 127 Å². The van der Waals surface area contributed by atoms with Crippen molar-refractivity contribution in [2.24, 2.45) is 11.3 Å². The number of carbonyl (C=O) groups is 2. The minimum Gasteiger partial charge on any atom is -0.460 e. The summed E-state index contributed by atoms with van der Waals surface area (Å²) in [4.78, 5) is 24.6. The van der Waals surface area contributed by atoms with E-state index >= 15 is 0 Å². The molecule has 0 saturated carbocycles. The molecule has 0 bridgehead atoms. The molecule has 116 valence electrons. The second kappa shape index (κ2) is 6.42. The van der Waals surface area contributed by atoms with Gasteiger partial charge in [-0.25, -0.2) is 0 Å². The lowest BCUT2D eigenvalue weighted by atomic mass is 9.80. The van der Waals surface area contributed by atoms with Gasteiger partial charge in [0.15, 0.2) is 5.78 Å². The number of hydrogen-bond donors (Lipinski definition) is 0. The molecular formula is C18H26O3. The minimum atomic E-state index is -0.683. The Morgan fingerprint density at radius 3 is 2.05 bits per heavy atom. The van der Waals surface area contributed by atoms with Crippen LogP contribution in [0.4, 0.5) is 0 Å². The second-order valence-corrected chi connectivity index (χ2v) is 7.22. The fourth-order valence-corrected chi connectivity index (χ4v) is 2.24. The lowest BCUT2D eigenvalue weighted by Gasteiger charge is -2.30. The zero-order chi connectivity index (χ0) is 16.3. The SMILES string of the molecule is C[C@@H](CC(C)(C)C(=O)OC(C)(C)C)C(=O)c1ccccc1. The average Bonchev–Trinajstić information content (AvgIpc) is 2.36. The Balaban J connectivity index is 2.74. The third-order valence-corrected chi connectivity index (χ3v) is 3.27. The number of esters is 1. The van der Waals surface area contributed by atoms with Crippen LogP contribution in [0.15, 0.2) is 30.3 Å². The number of ether oxygens (including phenoxy) is 1. The third kappa shape index (κ3) is 5.33. The number of ketones is 1. The van der Waals surface area contributed by atoms with E-state index in [0.29, 0.717) is 12.0 Å². The summed E-state index contributed by atoms with van der Waals surface area (Å²) in [5.74, 6) is -0.426. The van der Waals surface area contributed by atoms with Gasteiger partial charge in [-0.15, -0.1) is 0 Å². The van der Waals surface area contributed by atoms with Gasteiger partial charge in [-0.2, -0.15) is 0 Å². The molecule has 0 fully saturated rings. The first kappa shape index (κ1) is 17.4. The van der Waals surface area contributed by atoms with Crippen molar-refractivity contribution >= 4 is 11.8 Å². The van der Waals surface area contributed by atoms with E-state index < -0.39 is 11.0 Å². The first-order valence-corrected chi connectivity index (χ1v) is 7.36. The highest BCUT2D eigenvalue weighted by Gasteiger charge is 2.35. The van der Waals surface area contributed by atoms with Gasteiger partial charge in [-0.3, -0.25) is 9.59 Å². The average molecular weight is 290 g/mol. The maximum absolute atomic E-state index is 12.4. The van der Waals surface area contributed by atoms with E-state index in [4.69, 9.17) is 4.74 Å². The van der Waals surface area contributed by atoms with Crippen molar-refractivity contribution < 1.29 is 14.3 Å². The molecule has 1 aromatic carbocycles. The minimum absolute atomic E-state index is 0.0623.